The van der Waals surface area contributed by atoms with Gasteiger partial charge in [0.05, 0.1) is 0 Å². The van der Waals surface area contributed by atoms with Crippen LogP contribution < -0.4 is 10.6 Å². The highest BCUT2D eigenvalue weighted by Crippen LogP contribution is 2.18. The van der Waals surface area contributed by atoms with Crippen LogP contribution in [0.2, 0.25) is 0 Å². The summed E-state index contributed by atoms with van der Waals surface area (Å²) in [5.74, 6) is -1.04. The van der Waals surface area contributed by atoms with Crippen LogP contribution in [0.4, 0.5) is 4.79 Å². The van der Waals surface area contributed by atoms with Gasteiger partial charge in [0.1, 0.15) is 12.6 Å². The summed E-state index contributed by atoms with van der Waals surface area (Å²) in [5.41, 5.74) is 0. The molecule has 0 aromatic rings. The number of carbonyl (C=O) groups excluding carboxylic acids is 2. The number of piperidine rings is 1. The molecule has 2 aliphatic rings. The van der Waals surface area contributed by atoms with Gasteiger partial charge < -0.3 is 20.6 Å². The van der Waals surface area contributed by atoms with E-state index >= 15 is 0 Å². The average Bonchev–Trinajstić information content (AvgIpc) is 2.46. The van der Waals surface area contributed by atoms with E-state index in [1.54, 1.807) is 4.90 Å². The number of nitrogens with zero attached hydrogens (tertiary/aromatic N) is 2. The molecule has 2 fully saturated rings. The van der Waals surface area contributed by atoms with Crippen molar-refractivity contribution in [2.75, 3.05) is 39.8 Å². The summed E-state index contributed by atoms with van der Waals surface area (Å²) in [7, 11) is 1.87. The number of carboxylic acid groups (broad SMARTS) is 1. The molecule has 2 heterocycles. The van der Waals surface area contributed by atoms with Gasteiger partial charge in [-0.05, 0) is 32.4 Å². The number of carboxylic acids is 1. The van der Waals surface area contributed by atoms with Gasteiger partial charge in [-0.25, -0.2) is 9.59 Å². The van der Waals surface area contributed by atoms with Crippen molar-refractivity contribution in [3.63, 3.8) is 0 Å². The Bertz CT molecular complexity index is 426. The number of amides is 3. The van der Waals surface area contributed by atoms with Crippen molar-refractivity contribution in [2.45, 2.75) is 18.9 Å². The molecule has 2 rings (SSSR count). The van der Waals surface area contributed by atoms with Gasteiger partial charge in [-0.1, -0.05) is 0 Å². The van der Waals surface area contributed by atoms with Crippen LogP contribution in [0.5, 0.6) is 0 Å². The fourth-order valence-corrected chi connectivity index (χ4v) is 2.94. The van der Waals surface area contributed by atoms with Crippen LogP contribution in [0, 0.1) is 5.92 Å². The van der Waals surface area contributed by atoms with Crippen molar-refractivity contribution in [1.82, 2.24) is 20.4 Å². The number of carbonyl (C=O) groups is 3. The first kappa shape index (κ1) is 15.6. The van der Waals surface area contributed by atoms with Gasteiger partial charge in [-0.2, -0.15) is 0 Å². The lowest BCUT2D eigenvalue weighted by Gasteiger charge is -2.39. The number of hydrogen-bond donors (Lipinski definition) is 3. The second-order valence-electron chi connectivity index (χ2n) is 5.58. The first-order valence-electron chi connectivity index (χ1n) is 7.22. The lowest BCUT2D eigenvalue weighted by atomic mass is 9.98. The first-order valence-corrected chi connectivity index (χ1v) is 7.22. The maximum atomic E-state index is 12.6. The standard InChI is InChI=1S/C13H22N4O4/c1-14-5-9-3-2-4-16(7-9)13(21)17-8-11(18)15-6-10(17)12(19)20/h9-10,14H,2-8H2,1H3,(H,15,18)(H,19,20). The normalized spacial score (nSPS) is 26.4. The Hall–Kier alpha value is -1.83. The second-order valence-corrected chi connectivity index (χ2v) is 5.58. The number of likely N-dealkylation sites (tertiary alicyclic amines) is 1. The third kappa shape index (κ3) is 3.63. The maximum Gasteiger partial charge on any atom is 0.328 e. The molecule has 3 N–H and O–H groups in total. The van der Waals surface area contributed by atoms with Crippen molar-refractivity contribution in [1.29, 1.82) is 0 Å². The van der Waals surface area contributed by atoms with Crippen LogP contribution in [0.25, 0.3) is 0 Å². The molecule has 2 unspecified atom stereocenters. The monoisotopic (exact) mass is 298 g/mol. The van der Waals surface area contributed by atoms with Crippen molar-refractivity contribution >= 4 is 17.9 Å². The van der Waals surface area contributed by atoms with Crippen LogP contribution in [0.1, 0.15) is 12.8 Å². The lowest BCUT2D eigenvalue weighted by molar-refractivity contribution is -0.144. The predicted molar refractivity (Wildman–Crippen MR) is 74.8 cm³/mol. The molecule has 2 atom stereocenters. The molecule has 21 heavy (non-hydrogen) atoms. The van der Waals surface area contributed by atoms with Gasteiger partial charge in [0.2, 0.25) is 5.91 Å². The van der Waals surface area contributed by atoms with E-state index in [1.807, 2.05) is 7.05 Å². The summed E-state index contributed by atoms with van der Waals surface area (Å²) in [4.78, 5) is 38.1. The van der Waals surface area contributed by atoms with E-state index in [2.05, 4.69) is 10.6 Å². The van der Waals surface area contributed by atoms with E-state index in [0.717, 1.165) is 19.4 Å². The molecule has 3 amide bonds. The third-order valence-electron chi connectivity index (χ3n) is 4.00. The zero-order valence-corrected chi connectivity index (χ0v) is 12.2. The summed E-state index contributed by atoms with van der Waals surface area (Å²) >= 11 is 0. The Labute approximate surface area is 123 Å². The Balaban J connectivity index is 2.05. The fourth-order valence-electron chi connectivity index (χ4n) is 2.94. The molecular weight excluding hydrogens is 276 g/mol. The summed E-state index contributed by atoms with van der Waals surface area (Å²) < 4.78 is 0. The van der Waals surface area contributed by atoms with Gasteiger partial charge in [-0.3, -0.25) is 9.69 Å². The van der Waals surface area contributed by atoms with Crippen LogP contribution >= 0.6 is 0 Å². The second kappa shape index (κ2) is 6.75. The van der Waals surface area contributed by atoms with Crippen molar-refractivity contribution in [2.24, 2.45) is 5.92 Å². The number of rotatable bonds is 3. The van der Waals surface area contributed by atoms with E-state index in [0.29, 0.717) is 19.0 Å². The van der Waals surface area contributed by atoms with E-state index < -0.39 is 12.0 Å². The Morgan fingerprint density at radius 3 is 2.90 bits per heavy atom. The van der Waals surface area contributed by atoms with E-state index in [-0.39, 0.29) is 25.0 Å². The topological polar surface area (TPSA) is 102 Å². The van der Waals surface area contributed by atoms with E-state index in [1.165, 1.54) is 4.90 Å². The Kier molecular flexibility index (Phi) is 5.00. The van der Waals surface area contributed by atoms with Crippen molar-refractivity contribution < 1.29 is 19.5 Å². The number of aliphatic carboxylic acids is 1. The Morgan fingerprint density at radius 1 is 1.48 bits per heavy atom. The van der Waals surface area contributed by atoms with Gasteiger partial charge >= 0.3 is 12.0 Å². The minimum absolute atomic E-state index is 0.0340. The van der Waals surface area contributed by atoms with Gasteiger partial charge in [-0.15, -0.1) is 0 Å². The molecule has 2 aliphatic heterocycles. The highest BCUT2D eigenvalue weighted by molar-refractivity contribution is 5.90. The SMILES string of the molecule is CNCC1CCCN(C(=O)N2CC(=O)NCC2C(=O)O)C1. The number of piperazine rings is 1. The molecule has 0 radical (unpaired) electrons. The van der Waals surface area contributed by atoms with Crippen molar-refractivity contribution in [3.05, 3.63) is 0 Å². The highest BCUT2D eigenvalue weighted by atomic mass is 16.4. The first-order chi connectivity index (χ1) is 10.0. The van der Waals surface area contributed by atoms with E-state index in [4.69, 9.17) is 0 Å². The molecule has 8 heteroatoms. The maximum absolute atomic E-state index is 12.6. The quantitative estimate of drug-likeness (QED) is 0.615. The summed E-state index contributed by atoms with van der Waals surface area (Å²) in [6.07, 6.45) is 1.95. The molecule has 0 spiro atoms. The Morgan fingerprint density at radius 2 is 2.24 bits per heavy atom. The molecular formula is C13H22N4O4. The minimum atomic E-state index is -1.09. The zero-order chi connectivity index (χ0) is 15.4. The van der Waals surface area contributed by atoms with E-state index in [9.17, 15) is 19.5 Å². The summed E-state index contributed by atoms with van der Waals surface area (Å²) in [5, 5.41) is 14.8. The lowest BCUT2D eigenvalue weighted by Crippen LogP contribution is -2.62. The van der Waals surface area contributed by atoms with Gasteiger partial charge in [0.25, 0.3) is 0 Å². The van der Waals surface area contributed by atoms with Crippen molar-refractivity contribution in [3.8, 4) is 0 Å². The van der Waals surface area contributed by atoms with Gasteiger partial charge in [0.15, 0.2) is 0 Å². The summed E-state index contributed by atoms with van der Waals surface area (Å²) in [6, 6.07) is -1.34. The molecule has 0 aromatic heterocycles. The minimum Gasteiger partial charge on any atom is -0.480 e. The molecule has 0 saturated carbocycles. The zero-order valence-electron chi connectivity index (χ0n) is 12.2. The number of hydrogen-bond acceptors (Lipinski definition) is 4. The molecule has 118 valence electrons. The molecule has 8 nitrogen and oxygen atoms in total. The molecule has 0 bridgehead atoms. The average molecular weight is 298 g/mol. The van der Waals surface area contributed by atoms with Crippen LogP contribution in [-0.4, -0.2) is 78.6 Å². The molecule has 0 aliphatic carbocycles. The fraction of sp³-hybridized carbons (Fsp3) is 0.769. The predicted octanol–water partition coefficient (Wildman–Crippen LogP) is -1.08. The van der Waals surface area contributed by atoms with Crippen LogP contribution in [0.3, 0.4) is 0 Å². The highest BCUT2D eigenvalue weighted by Gasteiger charge is 2.38. The van der Waals surface area contributed by atoms with Crippen LogP contribution in [-0.2, 0) is 9.59 Å². The molecule has 0 aromatic carbocycles. The third-order valence-corrected chi connectivity index (χ3v) is 4.00. The summed E-state index contributed by atoms with van der Waals surface area (Å²) in [6.45, 7) is 1.82. The largest absolute Gasteiger partial charge is 0.480 e. The number of urea groups is 1. The smallest absolute Gasteiger partial charge is 0.328 e. The molecule has 2 saturated heterocycles. The van der Waals surface area contributed by atoms with Crippen LogP contribution in [0.15, 0.2) is 0 Å². The van der Waals surface area contributed by atoms with Gasteiger partial charge in [0, 0.05) is 19.6 Å². The number of nitrogens with one attached hydrogen (secondary N) is 2.